The van der Waals surface area contributed by atoms with Crippen LogP contribution >= 0.6 is 11.6 Å². The van der Waals surface area contributed by atoms with Gasteiger partial charge in [0.2, 0.25) is 5.91 Å². The third-order valence-electron chi connectivity index (χ3n) is 12.0. The number of halogens is 1. The van der Waals surface area contributed by atoms with Gasteiger partial charge in [-0.15, -0.1) is 0 Å². The second kappa shape index (κ2) is 30.2. The first-order chi connectivity index (χ1) is 29.5. The zero-order valence-electron chi connectivity index (χ0n) is 37.1. The first kappa shape index (κ1) is 51.4. The summed E-state index contributed by atoms with van der Waals surface area (Å²) in [6.45, 7) is 4.73. The molecule has 1 saturated heterocycles. The molecule has 0 bridgehead atoms. The van der Waals surface area contributed by atoms with Gasteiger partial charge in [-0.3, -0.25) is 33.9 Å². The molecule has 15 heteroatoms. The Bertz CT molecular complexity index is 1480. The maximum Gasteiger partial charge on any atom is 0.313 e. The molecule has 2 fully saturated rings. The Morgan fingerprint density at radius 1 is 0.803 bits per heavy atom. The lowest BCUT2D eigenvalue weighted by Gasteiger charge is -2.52. The molecule has 2 unspecified atom stereocenters. The minimum absolute atomic E-state index is 0.00864. The molecule has 1 aliphatic heterocycles. The quantitative estimate of drug-likeness (QED) is 0.0160. The predicted molar refractivity (Wildman–Crippen MR) is 244 cm³/mol. The number of esters is 1. The van der Waals surface area contributed by atoms with Crippen molar-refractivity contribution < 1.29 is 28.7 Å². The van der Waals surface area contributed by atoms with E-state index in [1.165, 1.54) is 77.0 Å². The number of nitrogens with one attached hydrogen (secondary N) is 4. The Kier molecular flexibility index (Phi) is 25.5. The molecule has 344 valence electrons. The van der Waals surface area contributed by atoms with Crippen molar-refractivity contribution in [3.05, 3.63) is 29.3 Å². The van der Waals surface area contributed by atoms with Gasteiger partial charge in [-0.2, -0.15) is 0 Å². The summed E-state index contributed by atoms with van der Waals surface area (Å²) in [7, 11) is 0. The number of piperidine rings is 1. The number of nitrogens with two attached hydrogens (primary N) is 2. The van der Waals surface area contributed by atoms with E-state index in [-0.39, 0.29) is 49.3 Å². The van der Waals surface area contributed by atoms with Gasteiger partial charge in [0.15, 0.2) is 12.1 Å². The summed E-state index contributed by atoms with van der Waals surface area (Å²) >= 11 is 5.94. The van der Waals surface area contributed by atoms with E-state index in [4.69, 9.17) is 27.8 Å². The van der Waals surface area contributed by atoms with E-state index < -0.39 is 29.8 Å². The number of unbranched alkanes of at least 4 members (excludes halogenated alkanes) is 13. The number of benzene rings is 1. The fraction of sp³-hybridized carbons (Fsp3) is 0.739. The lowest BCUT2D eigenvalue weighted by molar-refractivity contribution is -0.157. The highest BCUT2D eigenvalue weighted by molar-refractivity contribution is 6.39. The summed E-state index contributed by atoms with van der Waals surface area (Å²) in [6, 6.07) is 6.42. The molecular weight excluding hydrogens is 796 g/mol. The molecule has 3 rings (SSSR count). The Morgan fingerprint density at radius 2 is 1.43 bits per heavy atom. The lowest BCUT2D eigenvalue weighted by atomic mass is 9.73. The standard InChI is InChI=1S/C46H77ClN8O6/c1-2-3-4-5-6-7-8-9-10-11-12-13-14-18-30-50-40(56)25-26-41(57)61-39(20-19-31-52-45(48)49)42(58)51-32-34-55-33-27-38(35-46(55)28-16-15-17-29-46)54-44(60)43(59)53-37-23-21-36(47)22-24-37/h21-24,38-39H,2-20,25-35H2,1H3,(H,50,56)(H,51,58)(H,53,59)(H,54,60)(H4,48,49,52). The van der Waals surface area contributed by atoms with Gasteiger partial charge < -0.3 is 37.5 Å². The molecule has 14 nitrogen and oxygen atoms in total. The van der Waals surface area contributed by atoms with Crippen molar-refractivity contribution in [2.24, 2.45) is 16.5 Å². The van der Waals surface area contributed by atoms with E-state index in [1.54, 1.807) is 24.3 Å². The highest BCUT2D eigenvalue weighted by atomic mass is 35.5. The van der Waals surface area contributed by atoms with E-state index in [0.717, 1.165) is 44.9 Å². The number of nitrogens with zero attached hydrogens (tertiary/aromatic N) is 2. The molecule has 1 aromatic carbocycles. The average molecular weight is 874 g/mol. The second-order valence-corrected chi connectivity index (χ2v) is 17.5. The van der Waals surface area contributed by atoms with E-state index in [2.05, 4.69) is 38.1 Å². The van der Waals surface area contributed by atoms with Gasteiger partial charge in [0.05, 0.1) is 6.42 Å². The molecule has 1 heterocycles. The summed E-state index contributed by atoms with van der Waals surface area (Å²) in [4.78, 5) is 70.7. The van der Waals surface area contributed by atoms with Crippen molar-refractivity contribution in [3.8, 4) is 0 Å². The second-order valence-electron chi connectivity index (χ2n) is 17.1. The zero-order chi connectivity index (χ0) is 44.1. The Labute approximate surface area is 370 Å². The SMILES string of the molecule is CCCCCCCCCCCCCCCCNC(=O)CCC(=O)OC(CCCN=C(N)N)C(=O)NCCN1CCC(NC(=O)C(=O)Nc2ccc(Cl)cc2)CC12CCCCC2. The molecule has 1 spiro atoms. The largest absolute Gasteiger partial charge is 0.452 e. The Morgan fingerprint density at radius 3 is 2.05 bits per heavy atom. The summed E-state index contributed by atoms with van der Waals surface area (Å²) < 4.78 is 5.63. The third-order valence-corrected chi connectivity index (χ3v) is 12.3. The molecule has 1 aliphatic carbocycles. The molecule has 2 aliphatic rings. The fourth-order valence-corrected chi connectivity index (χ4v) is 8.76. The molecule has 2 atom stereocenters. The number of ether oxygens (including phenoxy) is 1. The van der Waals surface area contributed by atoms with Crippen molar-refractivity contribution in [2.45, 2.75) is 185 Å². The molecule has 1 aromatic rings. The van der Waals surface area contributed by atoms with Gasteiger partial charge in [0, 0.05) is 61.4 Å². The number of anilines is 1. The number of aliphatic imine (C=N–C) groups is 1. The number of hydrogen-bond donors (Lipinski definition) is 6. The smallest absolute Gasteiger partial charge is 0.313 e. The van der Waals surface area contributed by atoms with Gasteiger partial charge in [-0.05, 0) is 69.2 Å². The van der Waals surface area contributed by atoms with Crippen LogP contribution in [-0.2, 0) is 28.7 Å². The highest BCUT2D eigenvalue weighted by Crippen LogP contribution is 2.40. The van der Waals surface area contributed by atoms with Gasteiger partial charge in [-0.1, -0.05) is 121 Å². The number of guanidine groups is 1. The topological polar surface area (TPSA) is 210 Å². The molecule has 4 amide bonds. The van der Waals surface area contributed by atoms with Crippen molar-refractivity contribution in [3.63, 3.8) is 0 Å². The number of carbonyl (C=O) groups excluding carboxylic acids is 5. The first-order valence-electron chi connectivity index (χ1n) is 23.4. The minimum atomic E-state index is -1.05. The maximum atomic E-state index is 13.4. The molecular formula is C46H77ClN8O6. The van der Waals surface area contributed by atoms with Crippen LogP contribution in [-0.4, -0.2) is 90.9 Å². The predicted octanol–water partition coefficient (Wildman–Crippen LogP) is 7.02. The van der Waals surface area contributed by atoms with Gasteiger partial charge >= 0.3 is 17.8 Å². The van der Waals surface area contributed by atoms with Crippen molar-refractivity contribution >= 4 is 52.8 Å². The monoisotopic (exact) mass is 873 g/mol. The molecule has 8 N–H and O–H groups in total. The maximum absolute atomic E-state index is 13.4. The van der Waals surface area contributed by atoms with Crippen LogP contribution in [0.4, 0.5) is 5.69 Å². The van der Waals surface area contributed by atoms with Crippen molar-refractivity contribution in [2.75, 3.05) is 38.0 Å². The zero-order valence-corrected chi connectivity index (χ0v) is 37.8. The van der Waals surface area contributed by atoms with Crippen LogP contribution in [0.1, 0.15) is 167 Å². The van der Waals surface area contributed by atoms with Crippen LogP contribution in [0.15, 0.2) is 29.3 Å². The van der Waals surface area contributed by atoms with E-state index in [0.29, 0.717) is 56.2 Å². The van der Waals surface area contributed by atoms with E-state index in [9.17, 15) is 24.0 Å². The summed E-state index contributed by atoms with van der Waals surface area (Å²) in [5, 5.41) is 12.0. The summed E-state index contributed by atoms with van der Waals surface area (Å²) in [5.74, 6) is -2.68. The summed E-state index contributed by atoms with van der Waals surface area (Å²) in [5.41, 5.74) is 11.3. The van der Waals surface area contributed by atoms with Crippen LogP contribution in [0.25, 0.3) is 0 Å². The van der Waals surface area contributed by atoms with E-state index in [1.807, 2.05) is 0 Å². The number of rotatable bonds is 29. The molecule has 61 heavy (non-hydrogen) atoms. The third kappa shape index (κ3) is 21.6. The first-order valence-corrected chi connectivity index (χ1v) is 23.8. The van der Waals surface area contributed by atoms with Gasteiger partial charge in [-0.25, -0.2) is 0 Å². The number of likely N-dealkylation sites (tertiary alicyclic amines) is 1. The fourth-order valence-electron chi connectivity index (χ4n) is 8.64. The van der Waals surface area contributed by atoms with Crippen LogP contribution in [0.2, 0.25) is 5.02 Å². The minimum Gasteiger partial charge on any atom is -0.452 e. The van der Waals surface area contributed by atoms with Gasteiger partial charge in [0.25, 0.3) is 5.91 Å². The van der Waals surface area contributed by atoms with E-state index >= 15 is 0 Å². The average Bonchev–Trinajstić information content (AvgIpc) is 3.24. The molecule has 0 radical (unpaired) electrons. The number of amides is 4. The van der Waals surface area contributed by atoms with Crippen LogP contribution in [0, 0.1) is 0 Å². The van der Waals surface area contributed by atoms with Crippen molar-refractivity contribution in [1.29, 1.82) is 0 Å². The normalized spacial score (nSPS) is 16.6. The Hall–Kier alpha value is -3.91. The van der Waals surface area contributed by atoms with Crippen LogP contribution in [0.5, 0.6) is 0 Å². The highest BCUT2D eigenvalue weighted by Gasteiger charge is 2.43. The van der Waals surface area contributed by atoms with Crippen molar-refractivity contribution in [1.82, 2.24) is 20.9 Å². The summed E-state index contributed by atoms with van der Waals surface area (Å²) in [6.07, 6.45) is 23.8. The number of hydrogen-bond acceptors (Lipinski definition) is 8. The lowest BCUT2D eigenvalue weighted by Crippen LogP contribution is -2.60. The van der Waals surface area contributed by atoms with Gasteiger partial charge in [0.1, 0.15) is 0 Å². The van der Waals surface area contributed by atoms with Crippen LogP contribution in [0.3, 0.4) is 0 Å². The Balaban J connectivity index is 1.37. The molecule has 1 saturated carbocycles. The number of carbonyl (C=O) groups is 5. The van der Waals surface area contributed by atoms with Crippen LogP contribution < -0.4 is 32.7 Å². The molecule has 0 aromatic heterocycles.